The fourth-order valence-electron chi connectivity index (χ4n) is 4.73. The summed E-state index contributed by atoms with van der Waals surface area (Å²) in [6.45, 7) is 4.56. The number of benzene rings is 3. The van der Waals surface area contributed by atoms with Crippen molar-refractivity contribution < 1.29 is 31.5 Å². The average molecular weight is 504 g/mol. The molecule has 0 aliphatic carbocycles. The summed E-state index contributed by atoms with van der Waals surface area (Å²) in [6, 6.07) is 15.0. The SMILES string of the molecule is CC(C)N1Cc2ccc(-c3cccc(OCC(F)(F)F)c3)cc2C(C)(Cc2cc(F)cc(F)c2)C1=O. The number of hydrogen-bond acceptors (Lipinski definition) is 2. The summed E-state index contributed by atoms with van der Waals surface area (Å²) < 4.78 is 70.5. The molecule has 1 atom stereocenters. The van der Waals surface area contributed by atoms with E-state index in [1.54, 1.807) is 24.0 Å². The second kappa shape index (κ2) is 9.56. The van der Waals surface area contributed by atoms with Gasteiger partial charge in [-0.3, -0.25) is 4.79 Å². The first-order chi connectivity index (χ1) is 16.9. The lowest BCUT2D eigenvalue weighted by atomic mass is 9.71. The quantitative estimate of drug-likeness (QED) is 0.346. The van der Waals surface area contributed by atoms with Crippen LogP contribution < -0.4 is 4.74 Å². The number of amides is 1. The Labute approximate surface area is 206 Å². The molecule has 4 rings (SSSR count). The highest BCUT2D eigenvalue weighted by Gasteiger charge is 2.44. The molecule has 190 valence electrons. The number of carbonyl (C=O) groups excluding carboxylic acids is 1. The zero-order valence-corrected chi connectivity index (χ0v) is 20.1. The Morgan fingerprint density at radius 3 is 2.28 bits per heavy atom. The topological polar surface area (TPSA) is 29.5 Å². The van der Waals surface area contributed by atoms with Gasteiger partial charge in [0.15, 0.2) is 6.61 Å². The van der Waals surface area contributed by atoms with E-state index < -0.39 is 29.8 Å². The fraction of sp³-hybridized carbons (Fsp3) is 0.321. The molecular weight excluding hydrogens is 477 g/mol. The minimum absolute atomic E-state index is 0.0719. The lowest BCUT2D eigenvalue weighted by Crippen LogP contribution is -2.52. The van der Waals surface area contributed by atoms with Gasteiger partial charge >= 0.3 is 6.18 Å². The molecule has 0 fully saturated rings. The van der Waals surface area contributed by atoms with Gasteiger partial charge in [0.1, 0.15) is 17.4 Å². The summed E-state index contributed by atoms with van der Waals surface area (Å²) in [5.74, 6) is -1.53. The van der Waals surface area contributed by atoms with Crippen molar-refractivity contribution >= 4 is 5.91 Å². The van der Waals surface area contributed by atoms with Crippen LogP contribution in [-0.2, 0) is 23.2 Å². The molecule has 0 bridgehead atoms. The summed E-state index contributed by atoms with van der Waals surface area (Å²) in [5, 5.41) is 0. The van der Waals surface area contributed by atoms with Gasteiger partial charge in [-0.05, 0) is 85.3 Å². The molecule has 0 radical (unpaired) electrons. The van der Waals surface area contributed by atoms with E-state index in [1.807, 2.05) is 32.0 Å². The van der Waals surface area contributed by atoms with E-state index in [-0.39, 0.29) is 24.1 Å². The number of alkyl halides is 3. The third-order valence-electron chi connectivity index (χ3n) is 6.45. The minimum atomic E-state index is -4.46. The molecule has 3 aromatic carbocycles. The normalized spacial score (nSPS) is 17.9. The Morgan fingerprint density at radius 2 is 1.64 bits per heavy atom. The van der Waals surface area contributed by atoms with E-state index in [0.29, 0.717) is 28.8 Å². The van der Waals surface area contributed by atoms with Gasteiger partial charge < -0.3 is 9.64 Å². The molecule has 1 unspecified atom stereocenters. The van der Waals surface area contributed by atoms with Crippen molar-refractivity contribution in [2.24, 2.45) is 0 Å². The Bertz CT molecular complexity index is 1270. The summed E-state index contributed by atoms with van der Waals surface area (Å²) >= 11 is 0. The van der Waals surface area contributed by atoms with Crippen molar-refractivity contribution in [1.29, 1.82) is 0 Å². The van der Waals surface area contributed by atoms with E-state index in [4.69, 9.17) is 4.74 Å². The number of ether oxygens (including phenoxy) is 1. The van der Waals surface area contributed by atoms with E-state index in [9.17, 15) is 26.7 Å². The Morgan fingerprint density at radius 1 is 0.972 bits per heavy atom. The zero-order valence-electron chi connectivity index (χ0n) is 20.1. The molecule has 0 saturated carbocycles. The molecule has 0 spiro atoms. The highest BCUT2D eigenvalue weighted by Crippen LogP contribution is 2.41. The fourth-order valence-corrected chi connectivity index (χ4v) is 4.73. The molecule has 36 heavy (non-hydrogen) atoms. The Balaban J connectivity index is 1.77. The number of fused-ring (bicyclic) bond motifs is 1. The summed E-state index contributed by atoms with van der Waals surface area (Å²) in [6.07, 6.45) is -4.38. The predicted molar refractivity (Wildman–Crippen MR) is 127 cm³/mol. The molecule has 3 nitrogen and oxygen atoms in total. The van der Waals surface area contributed by atoms with Crippen molar-refractivity contribution in [1.82, 2.24) is 4.90 Å². The second-order valence-corrected chi connectivity index (χ2v) is 9.62. The van der Waals surface area contributed by atoms with Crippen molar-refractivity contribution in [3.8, 4) is 16.9 Å². The monoisotopic (exact) mass is 503 g/mol. The van der Waals surface area contributed by atoms with E-state index in [2.05, 4.69) is 0 Å². The van der Waals surface area contributed by atoms with Crippen LogP contribution >= 0.6 is 0 Å². The van der Waals surface area contributed by atoms with Gasteiger partial charge in [-0.1, -0.05) is 24.3 Å². The maximum atomic E-state index is 13.9. The first-order valence-corrected chi connectivity index (χ1v) is 11.6. The lowest BCUT2D eigenvalue weighted by molar-refractivity contribution is -0.153. The van der Waals surface area contributed by atoms with Gasteiger partial charge in [0.05, 0.1) is 5.41 Å². The average Bonchev–Trinajstić information content (AvgIpc) is 2.79. The van der Waals surface area contributed by atoms with Crippen LogP contribution in [0, 0.1) is 11.6 Å². The van der Waals surface area contributed by atoms with Gasteiger partial charge in [0.25, 0.3) is 0 Å². The van der Waals surface area contributed by atoms with Gasteiger partial charge in [-0.2, -0.15) is 13.2 Å². The lowest BCUT2D eigenvalue weighted by Gasteiger charge is -2.43. The van der Waals surface area contributed by atoms with Gasteiger partial charge in [-0.25, -0.2) is 8.78 Å². The largest absolute Gasteiger partial charge is 0.484 e. The summed E-state index contributed by atoms with van der Waals surface area (Å²) in [7, 11) is 0. The molecule has 1 aliphatic heterocycles. The van der Waals surface area contributed by atoms with Crippen LogP contribution in [0.15, 0.2) is 60.7 Å². The Hall–Kier alpha value is -3.42. The molecule has 1 heterocycles. The van der Waals surface area contributed by atoms with Crippen LogP contribution in [0.5, 0.6) is 5.75 Å². The maximum absolute atomic E-state index is 13.9. The maximum Gasteiger partial charge on any atom is 0.422 e. The number of carbonyl (C=O) groups is 1. The van der Waals surface area contributed by atoms with Gasteiger partial charge in [0.2, 0.25) is 5.91 Å². The van der Waals surface area contributed by atoms with Crippen molar-refractivity contribution in [2.45, 2.75) is 51.4 Å². The molecule has 0 aromatic heterocycles. The van der Waals surface area contributed by atoms with Crippen LogP contribution in [0.25, 0.3) is 11.1 Å². The van der Waals surface area contributed by atoms with E-state index >= 15 is 0 Å². The number of rotatable bonds is 6. The highest BCUT2D eigenvalue weighted by atomic mass is 19.4. The van der Waals surface area contributed by atoms with Crippen molar-refractivity contribution in [3.63, 3.8) is 0 Å². The third-order valence-corrected chi connectivity index (χ3v) is 6.45. The van der Waals surface area contributed by atoms with Gasteiger partial charge in [-0.15, -0.1) is 0 Å². The number of nitrogens with zero attached hydrogens (tertiary/aromatic N) is 1. The van der Waals surface area contributed by atoms with Crippen LogP contribution in [0.4, 0.5) is 22.0 Å². The molecule has 1 amide bonds. The second-order valence-electron chi connectivity index (χ2n) is 9.62. The molecule has 8 heteroatoms. The van der Waals surface area contributed by atoms with E-state index in [1.165, 1.54) is 24.3 Å². The first kappa shape index (κ1) is 25.7. The smallest absolute Gasteiger partial charge is 0.422 e. The van der Waals surface area contributed by atoms with Crippen LogP contribution in [0.3, 0.4) is 0 Å². The van der Waals surface area contributed by atoms with Crippen LogP contribution in [-0.4, -0.2) is 29.6 Å². The van der Waals surface area contributed by atoms with Crippen molar-refractivity contribution in [2.75, 3.05) is 6.61 Å². The molecular formula is C28H26F5NO2. The molecule has 0 saturated heterocycles. The zero-order chi connectivity index (χ0) is 26.3. The molecule has 3 aromatic rings. The van der Waals surface area contributed by atoms with Crippen LogP contribution in [0.2, 0.25) is 0 Å². The summed E-state index contributed by atoms with van der Waals surface area (Å²) in [5.41, 5.74) is 2.17. The Kier molecular flexibility index (Phi) is 6.82. The molecule has 0 N–H and O–H groups in total. The highest BCUT2D eigenvalue weighted by molar-refractivity contribution is 5.91. The van der Waals surface area contributed by atoms with E-state index in [0.717, 1.165) is 11.6 Å². The number of halogens is 5. The van der Waals surface area contributed by atoms with Crippen molar-refractivity contribution in [3.05, 3.63) is 89.0 Å². The number of hydrogen-bond donors (Lipinski definition) is 0. The molecule has 1 aliphatic rings. The summed E-state index contributed by atoms with van der Waals surface area (Å²) in [4.78, 5) is 15.5. The third kappa shape index (κ3) is 5.37. The standard InChI is InChI=1S/C28H26F5NO2/c1-17(2)34-15-21-8-7-20(19-5-4-6-24(11-19)36-16-28(31,32)33)12-25(21)27(3,26(34)35)14-18-9-22(29)13-23(30)10-18/h4-13,17H,14-16H2,1-3H3. The van der Waals surface area contributed by atoms with Gasteiger partial charge in [0, 0.05) is 18.7 Å². The minimum Gasteiger partial charge on any atom is -0.484 e. The first-order valence-electron chi connectivity index (χ1n) is 11.6. The van der Waals surface area contributed by atoms with Crippen LogP contribution in [0.1, 0.15) is 37.5 Å². The predicted octanol–water partition coefficient (Wildman–Crippen LogP) is 6.82.